The molecule has 1 amide bonds. The minimum atomic E-state index is -0.206. The van der Waals surface area contributed by atoms with Gasteiger partial charge in [0.25, 0.3) is 5.91 Å². The van der Waals surface area contributed by atoms with Crippen molar-refractivity contribution in [3.8, 4) is 5.75 Å². The molecule has 2 aromatic rings. The Labute approximate surface area is 115 Å². The molecule has 0 saturated heterocycles. The number of phenolic OH excluding ortho intramolecular Hbond substituents is 1. The smallest absolute Gasteiger partial charge is 0.265 e. The molecule has 0 saturated carbocycles. The lowest BCUT2D eigenvalue weighted by Gasteiger charge is -2.04. The summed E-state index contributed by atoms with van der Waals surface area (Å²) in [6.45, 7) is 0. The Kier molecular flexibility index (Phi) is 3.71. The van der Waals surface area contributed by atoms with Gasteiger partial charge in [0.2, 0.25) is 0 Å². The van der Waals surface area contributed by atoms with Crippen LogP contribution in [0, 0.1) is 0 Å². The third kappa shape index (κ3) is 3.00. The van der Waals surface area contributed by atoms with Gasteiger partial charge >= 0.3 is 0 Å². The maximum Gasteiger partial charge on any atom is 0.265 e. The molecule has 0 aliphatic rings. The van der Waals surface area contributed by atoms with Gasteiger partial charge in [-0.25, -0.2) is 0 Å². The van der Waals surface area contributed by atoms with E-state index in [1.165, 1.54) is 23.5 Å². The van der Waals surface area contributed by atoms with Crippen molar-refractivity contribution in [1.29, 1.82) is 0 Å². The highest BCUT2D eigenvalue weighted by atomic mass is 79.9. The van der Waals surface area contributed by atoms with Crippen LogP contribution in [0.4, 0.5) is 5.69 Å². The Bertz CT molecular complexity index is 570. The number of halogens is 2. The van der Waals surface area contributed by atoms with Gasteiger partial charge in [-0.1, -0.05) is 11.6 Å². The number of hydrogen-bond acceptors (Lipinski definition) is 3. The van der Waals surface area contributed by atoms with Crippen molar-refractivity contribution >= 4 is 50.5 Å². The predicted octanol–water partition coefficient (Wildman–Crippen LogP) is 4.12. The molecule has 0 radical (unpaired) electrons. The number of phenols is 1. The van der Waals surface area contributed by atoms with E-state index < -0.39 is 0 Å². The van der Waals surface area contributed by atoms with Gasteiger partial charge in [0.05, 0.1) is 13.7 Å². The first-order chi connectivity index (χ1) is 8.06. The summed E-state index contributed by atoms with van der Waals surface area (Å²) in [6, 6.07) is 8.05. The van der Waals surface area contributed by atoms with E-state index in [2.05, 4.69) is 21.2 Å². The van der Waals surface area contributed by atoms with Gasteiger partial charge < -0.3 is 10.4 Å². The third-order valence-electron chi connectivity index (χ3n) is 2.00. The van der Waals surface area contributed by atoms with E-state index >= 15 is 0 Å². The average Bonchev–Trinajstić information content (AvgIpc) is 2.70. The van der Waals surface area contributed by atoms with Crippen molar-refractivity contribution in [2.45, 2.75) is 0 Å². The summed E-state index contributed by atoms with van der Waals surface area (Å²) in [7, 11) is 0. The van der Waals surface area contributed by atoms with E-state index in [-0.39, 0.29) is 16.7 Å². The third-order valence-corrected chi connectivity index (χ3v) is 3.93. The van der Waals surface area contributed by atoms with Crippen molar-refractivity contribution in [1.82, 2.24) is 0 Å². The SMILES string of the molecule is O=C(Nc1ccc(O)c(Cl)c1)c1ccc(Br)s1. The Balaban J connectivity index is 2.15. The lowest BCUT2D eigenvalue weighted by atomic mass is 10.3. The number of carbonyl (C=O) groups is 1. The molecule has 88 valence electrons. The predicted molar refractivity (Wildman–Crippen MR) is 73.1 cm³/mol. The minimum absolute atomic E-state index is 0.0106. The van der Waals surface area contributed by atoms with Crippen molar-refractivity contribution in [2.75, 3.05) is 5.32 Å². The molecule has 2 rings (SSSR count). The number of aromatic hydroxyl groups is 1. The van der Waals surface area contributed by atoms with E-state index in [0.29, 0.717) is 10.6 Å². The molecule has 0 fully saturated rings. The molecule has 2 N–H and O–H groups in total. The molecule has 1 aromatic heterocycles. The van der Waals surface area contributed by atoms with E-state index in [1.807, 2.05) is 6.07 Å². The fourth-order valence-electron chi connectivity index (χ4n) is 1.21. The first kappa shape index (κ1) is 12.4. The van der Waals surface area contributed by atoms with Crippen LogP contribution in [-0.4, -0.2) is 11.0 Å². The fraction of sp³-hybridized carbons (Fsp3) is 0. The number of carbonyl (C=O) groups excluding carboxylic acids is 1. The topological polar surface area (TPSA) is 49.3 Å². The van der Waals surface area contributed by atoms with Crippen LogP contribution >= 0.6 is 38.9 Å². The highest BCUT2D eigenvalue weighted by Gasteiger charge is 2.09. The zero-order valence-electron chi connectivity index (χ0n) is 8.41. The molecule has 3 nitrogen and oxygen atoms in total. The molecule has 6 heteroatoms. The quantitative estimate of drug-likeness (QED) is 0.813. The monoisotopic (exact) mass is 331 g/mol. The van der Waals surface area contributed by atoms with Crippen LogP contribution in [0.3, 0.4) is 0 Å². The maximum atomic E-state index is 11.8. The zero-order chi connectivity index (χ0) is 12.4. The summed E-state index contributed by atoms with van der Waals surface area (Å²) in [5.41, 5.74) is 0.544. The van der Waals surface area contributed by atoms with E-state index in [4.69, 9.17) is 11.6 Å². The molecular weight excluding hydrogens is 326 g/mol. The van der Waals surface area contributed by atoms with Gasteiger partial charge in [-0.2, -0.15) is 0 Å². The van der Waals surface area contributed by atoms with Crippen LogP contribution in [-0.2, 0) is 0 Å². The number of hydrogen-bond donors (Lipinski definition) is 2. The molecule has 1 aromatic carbocycles. The van der Waals surface area contributed by atoms with Crippen LogP contribution in [0.25, 0.3) is 0 Å². The number of benzene rings is 1. The molecule has 0 aliphatic heterocycles. The first-order valence-corrected chi connectivity index (χ1v) is 6.60. The van der Waals surface area contributed by atoms with Gasteiger partial charge in [0, 0.05) is 5.69 Å². The molecule has 1 heterocycles. The highest BCUT2D eigenvalue weighted by Crippen LogP contribution is 2.27. The number of rotatable bonds is 2. The van der Waals surface area contributed by atoms with Crippen LogP contribution < -0.4 is 5.32 Å². The Morgan fingerprint density at radius 2 is 2.12 bits per heavy atom. The Morgan fingerprint density at radius 3 is 2.71 bits per heavy atom. The summed E-state index contributed by atoms with van der Waals surface area (Å²) in [5, 5.41) is 12.1. The number of nitrogens with one attached hydrogen (secondary N) is 1. The molecule has 0 unspecified atom stereocenters. The number of amides is 1. The summed E-state index contributed by atoms with van der Waals surface area (Å²) in [5.74, 6) is -0.217. The van der Waals surface area contributed by atoms with Crippen LogP contribution in [0.15, 0.2) is 34.1 Å². The maximum absolute atomic E-state index is 11.8. The van der Waals surface area contributed by atoms with Gasteiger partial charge in [0.15, 0.2) is 0 Å². The summed E-state index contributed by atoms with van der Waals surface area (Å²) < 4.78 is 0.895. The summed E-state index contributed by atoms with van der Waals surface area (Å²) >= 11 is 10.4. The van der Waals surface area contributed by atoms with Crippen LogP contribution in [0.2, 0.25) is 5.02 Å². The molecular formula is C11H7BrClNO2S. The molecule has 0 spiro atoms. The van der Waals surface area contributed by atoms with E-state index in [0.717, 1.165) is 3.79 Å². The lowest BCUT2D eigenvalue weighted by molar-refractivity contribution is 0.103. The van der Waals surface area contributed by atoms with Gasteiger partial charge in [-0.05, 0) is 46.3 Å². The molecule has 0 aliphatic carbocycles. The van der Waals surface area contributed by atoms with Crippen molar-refractivity contribution < 1.29 is 9.90 Å². The molecule has 0 bridgehead atoms. The standard InChI is InChI=1S/C11H7BrClNO2S/c12-10-4-3-9(17-10)11(16)14-6-1-2-8(15)7(13)5-6/h1-5,15H,(H,14,16). The Morgan fingerprint density at radius 1 is 1.35 bits per heavy atom. The van der Waals surface area contributed by atoms with Crippen LogP contribution in [0.1, 0.15) is 9.67 Å². The summed E-state index contributed by atoms with van der Waals surface area (Å²) in [6.07, 6.45) is 0. The zero-order valence-corrected chi connectivity index (χ0v) is 11.6. The molecule has 17 heavy (non-hydrogen) atoms. The van der Waals surface area contributed by atoms with Crippen LogP contribution in [0.5, 0.6) is 5.75 Å². The Hall–Kier alpha value is -1.04. The van der Waals surface area contributed by atoms with Crippen molar-refractivity contribution in [3.63, 3.8) is 0 Å². The largest absolute Gasteiger partial charge is 0.506 e. The number of anilines is 1. The highest BCUT2D eigenvalue weighted by molar-refractivity contribution is 9.11. The van der Waals surface area contributed by atoms with Crippen molar-refractivity contribution in [2.24, 2.45) is 0 Å². The van der Waals surface area contributed by atoms with Gasteiger partial charge in [0.1, 0.15) is 5.75 Å². The second-order valence-corrected chi connectivity index (χ2v) is 6.09. The second kappa shape index (κ2) is 5.08. The molecule has 0 atom stereocenters. The lowest BCUT2D eigenvalue weighted by Crippen LogP contribution is -2.09. The number of thiophene rings is 1. The van der Waals surface area contributed by atoms with E-state index in [9.17, 15) is 9.90 Å². The summed E-state index contributed by atoms with van der Waals surface area (Å²) in [4.78, 5) is 12.4. The second-order valence-electron chi connectivity index (χ2n) is 3.22. The first-order valence-electron chi connectivity index (χ1n) is 4.61. The minimum Gasteiger partial charge on any atom is -0.506 e. The average molecular weight is 333 g/mol. The van der Waals surface area contributed by atoms with Gasteiger partial charge in [-0.15, -0.1) is 11.3 Å². The van der Waals surface area contributed by atoms with Gasteiger partial charge in [-0.3, -0.25) is 4.79 Å². The fourth-order valence-corrected chi connectivity index (χ4v) is 2.68. The normalized spacial score (nSPS) is 10.2. The van der Waals surface area contributed by atoms with E-state index in [1.54, 1.807) is 12.1 Å². The van der Waals surface area contributed by atoms with Crippen molar-refractivity contribution in [3.05, 3.63) is 44.0 Å².